The van der Waals surface area contributed by atoms with Gasteiger partial charge in [-0.05, 0) is 36.8 Å². The van der Waals surface area contributed by atoms with Crippen molar-refractivity contribution >= 4 is 32.8 Å². The standard InChI is InChI=1S/C28H36BrN3O5/c1-6-32-22-8-7-18(29)13-20(22)23-24(28(3,4)16-37-17(2)34)27(35-5)25-21(26(23)32)14-19(15-31-25)36-12-10-30-9-11-33/h7-8,13-15,24,27,30,33H,6,9-12,16H2,1-5H3. The normalized spacial score (nSPS) is 16.9. The van der Waals surface area contributed by atoms with Crippen molar-refractivity contribution in [3.05, 3.63) is 46.2 Å². The minimum atomic E-state index is -0.441. The zero-order valence-corrected chi connectivity index (χ0v) is 23.7. The van der Waals surface area contributed by atoms with Crippen molar-refractivity contribution < 1.29 is 24.1 Å². The van der Waals surface area contributed by atoms with Gasteiger partial charge >= 0.3 is 5.97 Å². The maximum absolute atomic E-state index is 11.8. The first-order valence-electron chi connectivity index (χ1n) is 12.7. The zero-order chi connectivity index (χ0) is 26.7. The fraction of sp³-hybridized carbons (Fsp3) is 0.500. The van der Waals surface area contributed by atoms with E-state index < -0.39 is 5.41 Å². The molecule has 37 heavy (non-hydrogen) atoms. The number of halogens is 1. The van der Waals surface area contributed by atoms with Gasteiger partial charge in [0.2, 0.25) is 0 Å². The Morgan fingerprint density at radius 1 is 1.27 bits per heavy atom. The third-order valence-electron chi connectivity index (χ3n) is 6.99. The molecule has 2 heterocycles. The molecule has 2 atom stereocenters. The summed E-state index contributed by atoms with van der Waals surface area (Å²) in [6.07, 6.45) is 1.40. The second-order valence-corrected chi connectivity index (χ2v) is 10.9. The third kappa shape index (κ3) is 5.41. The number of rotatable bonds is 11. The van der Waals surface area contributed by atoms with Gasteiger partial charge in [-0.1, -0.05) is 29.8 Å². The summed E-state index contributed by atoms with van der Waals surface area (Å²) in [5.74, 6) is 0.258. The summed E-state index contributed by atoms with van der Waals surface area (Å²) < 4.78 is 21.0. The van der Waals surface area contributed by atoms with Crippen molar-refractivity contribution in [1.82, 2.24) is 14.9 Å². The number of hydrogen-bond acceptors (Lipinski definition) is 7. The van der Waals surface area contributed by atoms with E-state index in [-0.39, 0.29) is 31.2 Å². The second kappa shape index (κ2) is 11.5. The predicted molar refractivity (Wildman–Crippen MR) is 147 cm³/mol. The zero-order valence-electron chi connectivity index (χ0n) is 22.1. The quantitative estimate of drug-likeness (QED) is 0.251. The molecular weight excluding hydrogens is 538 g/mol. The average molecular weight is 575 g/mol. The van der Waals surface area contributed by atoms with E-state index in [2.05, 4.69) is 70.9 Å². The highest BCUT2D eigenvalue weighted by atomic mass is 79.9. The number of carbonyl (C=O) groups is 1. The highest BCUT2D eigenvalue weighted by molar-refractivity contribution is 9.10. The molecule has 9 heteroatoms. The number of methoxy groups -OCH3 is 1. The van der Waals surface area contributed by atoms with Gasteiger partial charge in [0.1, 0.15) is 18.5 Å². The van der Waals surface area contributed by atoms with Gasteiger partial charge in [-0.15, -0.1) is 0 Å². The molecule has 1 aliphatic rings. The molecule has 0 fully saturated rings. The molecular formula is C28H36BrN3O5. The average Bonchev–Trinajstić information content (AvgIpc) is 3.19. The lowest BCUT2D eigenvalue weighted by molar-refractivity contribution is -0.145. The van der Waals surface area contributed by atoms with Crippen LogP contribution in [-0.2, 0) is 20.8 Å². The van der Waals surface area contributed by atoms with Crippen LogP contribution in [0.15, 0.2) is 34.9 Å². The van der Waals surface area contributed by atoms with E-state index in [1.54, 1.807) is 13.3 Å². The third-order valence-corrected chi connectivity index (χ3v) is 7.49. The van der Waals surface area contributed by atoms with E-state index in [0.717, 1.165) is 38.9 Å². The number of aromatic nitrogens is 2. The largest absolute Gasteiger partial charge is 0.491 e. The van der Waals surface area contributed by atoms with Crippen LogP contribution in [-0.4, -0.2) is 60.6 Å². The monoisotopic (exact) mass is 573 g/mol. The number of ether oxygens (including phenoxy) is 3. The summed E-state index contributed by atoms with van der Waals surface area (Å²) in [5.41, 5.74) is 4.78. The molecule has 4 rings (SSSR count). The van der Waals surface area contributed by atoms with Crippen LogP contribution in [0.25, 0.3) is 22.2 Å². The molecule has 8 nitrogen and oxygen atoms in total. The minimum Gasteiger partial charge on any atom is -0.491 e. The van der Waals surface area contributed by atoms with Crippen LogP contribution in [0.4, 0.5) is 0 Å². The highest BCUT2D eigenvalue weighted by Crippen LogP contribution is 2.57. The van der Waals surface area contributed by atoms with Crippen molar-refractivity contribution in [2.24, 2.45) is 5.41 Å². The number of aliphatic hydroxyl groups is 1. The van der Waals surface area contributed by atoms with E-state index in [9.17, 15) is 4.79 Å². The van der Waals surface area contributed by atoms with Gasteiger partial charge in [0.15, 0.2) is 0 Å². The molecule has 2 unspecified atom stereocenters. The van der Waals surface area contributed by atoms with Crippen LogP contribution >= 0.6 is 15.9 Å². The molecule has 1 aliphatic carbocycles. The number of aliphatic hydroxyl groups excluding tert-OH is 1. The molecule has 2 aromatic heterocycles. The van der Waals surface area contributed by atoms with Crippen LogP contribution in [0, 0.1) is 5.41 Å². The number of carbonyl (C=O) groups excluding carboxylic acids is 1. The van der Waals surface area contributed by atoms with Crippen molar-refractivity contribution in [2.45, 2.75) is 46.3 Å². The smallest absolute Gasteiger partial charge is 0.302 e. The van der Waals surface area contributed by atoms with Gasteiger partial charge in [-0.2, -0.15) is 0 Å². The number of fused-ring (bicyclic) bond motifs is 5. The Morgan fingerprint density at radius 2 is 2.05 bits per heavy atom. The van der Waals surface area contributed by atoms with Crippen molar-refractivity contribution in [3.8, 4) is 17.0 Å². The van der Waals surface area contributed by atoms with Gasteiger partial charge in [0.05, 0.1) is 30.8 Å². The molecule has 0 bridgehead atoms. The second-order valence-electron chi connectivity index (χ2n) is 10.00. The fourth-order valence-corrected chi connectivity index (χ4v) is 5.78. The van der Waals surface area contributed by atoms with E-state index in [1.165, 1.54) is 12.5 Å². The van der Waals surface area contributed by atoms with E-state index in [4.69, 9.17) is 24.3 Å². The van der Waals surface area contributed by atoms with E-state index >= 15 is 0 Å². The number of hydrogen-bond donors (Lipinski definition) is 2. The van der Waals surface area contributed by atoms with Crippen LogP contribution in [0.5, 0.6) is 5.75 Å². The first-order valence-corrected chi connectivity index (χ1v) is 13.4. The number of nitrogens with zero attached hydrogens (tertiary/aromatic N) is 2. The maximum atomic E-state index is 11.8. The molecule has 200 valence electrons. The molecule has 2 N–H and O–H groups in total. The van der Waals surface area contributed by atoms with Gasteiger partial charge < -0.3 is 29.2 Å². The highest BCUT2D eigenvalue weighted by Gasteiger charge is 2.47. The first-order chi connectivity index (χ1) is 17.7. The molecule has 0 saturated heterocycles. The summed E-state index contributed by atoms with van der Waals surface area (Å²) in [6, 6.07) is 8.41. The Kier molecular flexibility index (Phi) is 8.58. The van der Waals surface area contributed by atoms with Crippen LogP contribution < -0.4 is 10.1 Å². The van der Waals surface area contributed by atoms with Crippen molar-refractivity contribution in [3.63, 3.8) is 0 Å². The Bertz CT molecular complexity index is 1270. The van der Waals surface area contributed by atoms with Crippen LogP contribution in [0.2, 0.25) is 0 Å². The van der Waals surface area contributed by atoms with Crippen molar-refractivity contribution in [1.29, 1.82) is 0 Å². The Labute approximate surface area is 226 Å². The topological polar surface area (TPSA) is 94.8 Å². The fourth-order valence-electron chi connectivity index (χ4n) is 5.42. The molecule has 3 aromatic rings. The molecule has 0 amide bonds. The number of aryl methyl sites for hydroxylation is 1. The van der Waals surface area contributed by atoms with Gasteiger partial charge in [0.25, 0.3) is 0 Å². The molecule has 0 spiro atoms. The van der Waals surface area contributed by atoms with Gasteiger partial charge in [0, 0.05) is 65.9 Å². The Hall–Kier alpha value is -2.46. The number of pyridine rings is 1. The maximum Gasteiger partial charge on any atom is 0.302 e. The lowest BCUT2D eigenvalue weighted by Gasteiger charge is -2.42. The van der Waals surface area contributed by atoms with Crippen LogP contribution in [0.1, 0.15) is 51.0 Å². The summed E-state index contributed by atoms with van der Waals surface area (Å²) >= 11 is 3.67. The Balaban J connectivity index is 1.90. The van der Waals surface area contributed by atoms with Gasteiger partial charge in [-0.3, -0.25) is 9.78 Å². The SMILES string of the molecule is CCn1c2c(c3cc(Br)ccc31)C(C(C)(C)COC(C)=O)C(OC)c1ncc(OCCNCCO)cc1-2. The van der Waals surface area contributed by atoms with E-state index in [0.29, 0.717) is 25.4 Å². The number of benzene rings is 1. The summed E-state index contributed by atoms with van der Waals surface area (Å²) in [4.78, 5) is 16.6. The molecule has 0 saturated carbocycles. The molecule has 0 aliphatic heterocycles. The Morgan fingerprint density at radius 3 is 2.73 bits per heavy atom. The number of esters is 1. The van der Waals surface area contributed by atoms with Gasteiger partial charge in [-0.25, -0.2) is 0 Å². The summed E-state index contributed by atoms with van der Waals surface area (Å²) in [7, 11) is 1.71. The predicted octanol–water partition coefficient (Wildman–Crippen LogP) is 4.82. The lowest BCUT2D eigenvalue weighted by atomic mass is 9.67. The summed E-state index contributed by atoms with van der Waals surface area (Å²) in [6.45, 7) is 10.6. The lowest BCUT2D eigenvalue weighted by Crippen LogP contribution is -2.36. The van der Waals surface area contributed by atoms with E-state index in [1.807, 2.05) is 0 Å². The summed E-state index contributed by atoms with van der Waals surface area (Å²) in [5, 5.41) is 13.2. The molecule has 1 aromatic carbocycles. The number of nitrogens with one attached hydrogen (secondary N) is 1. The molecule has 0 radical (unpaired) electrons. The van der Waals surface area contributed by atoms with Crippen molar-refractivity contribution in [2.75, 3.05) is 40.0 Å². The first kappa shape index (κ1) is 27.6. The van der Waals surface area contributed by atoms with Crippen LogP contribution in [0.3, 0.4) is 0 Å². The minimum absolute atomic E-state index is 0.0915.